The van der Waals surface area contributed by atoms with Crippen LogP contribution in [0.5, 0.6) is 0 Å². The maximum Gasteiger partial charge on any atom is 0 e. The third-order valence-electron chi connectivity index (χ3n) is 1.82. The van der Waals surface area contributed by atoms with Crippen LogP contribution in [0.2, 0.25) is 0 Å². The van der Waals surface area contributed by atoms with Crippen LogP contribution < -0.4 is 0 Å². The maximum atomic E-state index is 9.62. The summed E-state index contributed by atoms with van der Waals surface area (Å²) < 4.78 is 0. The van der Waals surface area contributed by atoms with E-state index in [0.717, 1.165) is 0 Å². The van der Waals surface area contributed by atoms with Crippen LogP contribution in [0.3, 0.4) is 0 Å². The van der Waals surface area contributed by atoms with E-state index < -0.39 is 0 Å². The Kier molecular flexibility index (Phi) is 18.5. The third kappa shape index (κ3) is 8.19. The summed E-state index contributed by atoms with van der Waals surface area (Å²) in [5.41, 5.74) is 0.157. The Bertz CT molecular complexity index is 425. The van der Waals surface area contributed by atoms with Crippen LogP contribution in [-0.2, 0) is 98.1 Å². The summed E-state index contributed by atoms with van der Waals surface area (Å²) in [4.78, 5) is 0. The Balaban J connectivity index is -0.000000853. The van der Waals surface area contributed by atoms with Crippen molar-refractivity contribution in [3.05, 3.63) is 83.7 Å². The average Bonchev–Trinajstić information content (AvgIpc) is 2.30. The van der Waals surface area contributed by atoms with Crippen molar-refractivity contribution >= 4 is 11.4 Å². The Morgan fingerprint density at radius 3 is 1.37 bits per heavy atom. The minimum atomic E-state index is -0.270. The van der Waals surface area contributed by atoms with E-state index in [-0.39, 0.29) is 110 Å². The molecule has 0 saturated carbocycles. The van der Waals surface area contributed by atoms with Crippen LogP contribution in [0.15, 0.2) is 47.6 Å². The van der Waals surface area contributed by atoms with Gasteiger partial charge >= 0.3 is 0 Å². The van der Waals surface area contributed by atoms with E-state index in [0.29, 0.717) is 11.1 Å². The zero-order valence-electron chi connectivity index (χ0n) is 10.2. The number of nitrogens with zero attached hydrogens (tertiary/aromatic N) is 2. The van der Waals surface area contributed by atoms with Gasteiger partial charge in [-0.25, -0.2) is 23.3 Å². The quantitative estimate of drug-likeness (QED) is 0.344. The molecule has 3 radical (unpaired) electrons. The Hall–Kier alpha value is 1.09. The fourth-order valence-electron chi connectivity index (χ4n) is 1.09. The molecule has 1 rings (SSSR count). The first-order chi connectivity index (χ1) is 7.70. The first-order valence-corrected chi connectivity index (χ1v) is 4.52. The van der Waals surface area contributed by atoms with Gasteiger partial charge in [0, 0.05) is 98.1 Å². The normalized spacial score (nSPS) is 13.9. The van der Waals surface area contributed by atoms with E-state index >= 15 is 0 Å². The smallest absolute Gasteiger partial charge is 0 e. The van der Waals surface area contributed by atoms with Gasteiger partial charge in [-0.2, -0.15) is 12.2 Å². The fourth-order valence-corrected chi connectivity index (χ4v) is 1.09. The summed E-state index contributed by atoms with van der Waals surface area (Å²) >= 11 is 0. The van der Waals surface area contributed by atoms with Crippen molar-refractivity contribution in [3.63, 3.8) is 0 Å². The molecule has 0 aromatic carbocycles. The molecular formula is C14H8N2Y3-6. The molecule has 1 aliphatic carbocycles. The Morgan fingerprint density at radius 2 is 1.11 bits per heavy atom. The van der Waals surface area contributed by atoms with E-state index in [1.807, 2.05) is 0 Å². The summed E-state index contributed by atoms with van der Waals surface area (Å²) in [6.07, 6.45) is 14.0. The second-order valence-electron chi connectivity index (χ2n) is 2.86. The van der Waals surface area contributed by atoms with Gasteiger partial charge in [0.2, 0.25) is 0 Å². The summed E-state index contributed by atoms with van der Waals surface area (Å²) in [5, 5.41) is 19.2. The van der Waals surface area contributed by atoms with E-state index in [1.54, 1.807) is 12.2 Å². The third-order valence-corrected chi connectivity index (χ3v) is 1.82. The molecule has 0 fully saturated rings. The predicted molar refractivity (Wildman–Crippen MR) is 66.3 cm³/mol. The van der Waals surface area contributed by atoms with Gasteiger partial charge < -0.3 is 47.6 Å². The standard InChI is InChI=1S/C14H8N2.3Y/c1-3-5-7-11-9-10-12(8-6-4-2)14(16)13(11)15;;;/h1-6,9-10H;;;/q-6;;;. The first-order valence-electron chi connectivity index (χ1n) is 4.52. The molecule has 5 heteroatoms. The molecule has 0 spiro atoms. The molecular weight excluding hydrogens is 463 g/mol. The van der Waals surface area contributed by atoms with Gasteiger partial charge in [0.15, 0.2) is 0 Å². The molecule has 19 heavy (non-hydrogen) atoms. The second-order valence-corrected chi connectivity index (χ2v) is 2.86. The van der Waals surface area contributed by atoms with Crippen LogP contribution >= 0.6 is 0 Å². The largest absolute Gasteiger partial charge is 0.865 e. The van der Waals surface area contributed by atoms with Crippen molar-refractivity contribution in [2.24, 2.45) is 0 Å². The minimum Gasteiger partial charge on any atom is -0.865 e. The predicted octanol–water partition coefficient (Wildman–Crippen LogP) is 2.56. The summed E-state index contributed by atoms with van der Waals surface area (Å²) in [5.74, 6) is 0. The number of allylic oxidation sites excluding steroid dienone is 10. The van der Waals surface area contributed by atoms with E-state index in [2.05, 4.69) is 12.2 Å². The molecule has 0 amide bonds. The van der Waals surface area contributed by atoms with Gasteiger partial charge in [-0.1, -0.05) is 0 Å². The molecule has 0 atom stereocenters. The second kappa shape index (κ2) is 14.0. The SMILES string of the molecule is [CH-]=CC=[C-]C1=CC=C([C-]=CC=[CH-])C(=[N-])C1=[N-].[Y].[Y].[Y]. The molecule has 1 aliphatic rings. The summed E-state index contributed by atoms with van der Waals surface area (Å²) in [6, 6.07) is 0. The molecule has 0 heterocycles. The van der Waals surface area contributed by atoms with E-state index in [9.17, 15) is 10.8 Å². The topological polar surface area (TPSA) is 44.6 Å². The van der Waals surface area contributed by atoms with Gasteiger partial charge in [0.25, 0.3) is 0 Å². The molecule has 0 aliphatic heterocycles. The first kappa shape index (κ1) is 25.1. The van der Waals surface area contributed by atoms with Crippen molar-refractivity contribution in [2.45, 2.75) is 0 Å². The van der Waals surface area contributed by atoms with Crippen molar-refractivity contribution in [1.82, 2.24) is 0 Å². The van der Waals surface area contributed by atoms with E-state index in [1.165, 1.54) is 24.3 Å². The number of hydrogen-bond acceptors (Lipinski definition) is 0. The molecule has 0 saturated heterocycles. The molecule has 89 valence electrons. The maximum absolute atomic E-state index is 9.62. The number of rotatable bonds is 4. The monoisotopic (exact) mass is 471 g/mol. The Morgan fingerprint density at radius 1 is 0.789 bits per heavy atom. The van der Waals surface area contributed by atoms with Crippen molar-refractivity contribution < 1.29 is 98.1 Å². The zero-order valence-corrected chi connectivity index (χ0v) is 18.8. The fraction of sp³-hybridized carbons (Fsp3) is 0. The minimum absolute atomic E-state index is 0. The molecule has 0 unspecified atom stereocenters. The molecule has 0 aromatic heterocycles. The van der Waals surface area contributed by atoms with Gasteiger partial charge in [-0.15, -0.1) is 0 Å². The van der Waals surface area contributed by atoms with E-state index in [4.69, 9.17) is 13.2 Å². The van der Waals surface area contributed by atoms with Gasteiger partial charge in [-0.05, 0) is 0 Å². The van der Waals surface area contributed by atoms with Gasteiger partial charge in [-0.3, -0.25) is 12.2 Å². The van der Waals surface area contributed by atoms with Crippen LogP contribution in [0.1, 0.15) is 0 Å². The number of hydrogen-bond donors (Lipinski definition) is 0. The average molecular weight is 471 g/mol. The van der Waals surface area contributed by atoms with Crippen molar-refractivity contribution in [2.75, 3.05) is 0 Å². The van der Waals surface area contributed by atoms with Crippen LogP contribution in [-0.4, -0.2) is 11.4 Å². The summed E-state index contributed by atoms with van der Waals surface area (Å²) in [7, 11) is 0. The molecule has 0 bridgehead atoms. The molecule has 0 aromatic rings. The van der Waals surface area contributed by atoms with Crippen LogP contribution in [0, 0.1) is 25.3 Å². The zero-order chi connectivity index (χ0) is 12.0. The van der Waals surface area contributed by atoms with Crippen LogP contribution in [0.25, 0.3) is 10.8 Å². The molecule has 2 nitrogen and oxygen atoms in total. The van der Waals surface area contributed by atoms with Gasteiger partial charge in [0.05, 0.1) is 0 Å². The van der Waals surface area contributed by atoms with Crippen molar-refractivity contribution in [1.29, 1.82) is 0 Å². The summed E-state index contributed by atoms with van der Waals surface area (Å²) in [6.45, 7) is 10.3. The van der Waals surface area contributed by atoms with Crippen molar-refractivity contribution in [3.8, 4) is 0 Å². The Labute approximate surface area is 190 Å². The molecule has 0 N–H and O–H groups in total. The van der Waals surface area contributed by atoms with Gasteiger partial charge in [0.1, 0.15) is 0 Å². The van der Waals surface area contributed by atoms with Crippen LogP contribution in [0.4, 0.5) is 0 Å².